The first kappa shape index (κ1) is 20.0. The van der Waals surface area contributed by atoms with Gasteiger partial charge < -0.3 is 0 Å². The van der Waals surface area contributed by atoms with Crippen LogP contribution in [0.25, 0.3) is 0 Å². The molecule has 164 valence electrons. The Morgan fingerprint density at radius 1 is 0.688 bits per heavy atom. The molecule has 0 amide bonds. The van der Waals surface area contributed by atoms with E-state index >= 15 is 0 Å². The summed E-state index contributed by atoms with van der Waals surface area (Å²) in [7, 11) is 0. The maximum atomic E-state index is 4.99. The van der Waals surface area contributed by atoms with E-state index in [1.807, 2.05) is 0 Å². The van der Waals surface area contributed by atoms with E-state index in [0.717, 1.165) is 48.2 Å². The van der Waals surface area contributed by atoms with Crippen molar-refractivity contribution in [1.82, 2.24) is 29.7 Å². The maximum absolute atomic E-state index is 4.99. The highest BCUT2D eigenvalue weighted by Crippen LogP contribution is 2.58. The molecule has 0 aliphatic carbocycles. The zero-order valence-corrected chi connectivity index (χ0v) is 19.2. The number of nitrogens with zero attached hydrogens (tertiary/aromatic N) is 6. The Morgan fingerprint density at radius 2 is 1.22 bits per heavy atom. The van der Waals surface area contributed by atoms with Gasteiger partial charge in [-0.3, -0.25) is 29.7 Å². The third-order valence-corrected chi connectivity index (χ3v) is 7.27. The molecule has 4 aliphatic rings. The van der Waals surface area contributed by atoms with Gasteiger partial charge >= 0.3 is 0 Å². The van der Waals surface area contributed by atoms with Crippen LogP contribution in [0.1, 0.15) is 59.5 Å². The molecule has 3 aromatic heterocycles. The van der Waals surface area contributed by atoms with Crippen molar-refractivity contribution < 1.29 is 0 Å². The number of aromatic nitrogens is 3. The zero-order chi connectivity index (χ0) is 22.0. The van der Waals surface area contributed by atoms with E-state index in [4.69, 9.17) is 15.0 Å². The summed E-state index contributed by atoms with van der Waals surface area (Å²) in [4.78, 5) is 22.7. The predicted octanol–water partition coefficient (Wildman–Crippen LogP) is 4.15. The van der Waals surface area contributed by atoms with E-state index < -0.39 is 0 Å². The Bertz CT molecular complexity index is 1180. The summed E-state index contributed by atoms with van der Waals surface area (Å²) in [6.45, 7) is 11.6. The Balaban J connectivity index is 1.50. The van der Waals surface area contributed by atoms with Crippen LogP contribution in [0.5, 0.6) is 0 Å². The van der Waals surface area contributed by atoms with Crippen LogP contribution < -0.4 is 0 Å². The second-order valence-corrected chi connectivity index (χ2v) is 9.99. The molecule has 0 aromatic carbocycles. The lowest BCUT2D eigenvalue weighted by Gasteiger charge is -2.69. The van der Waals surface area contributed by atoms with Gasteiger partial charge in [0.05, 0.1) is 29.8 Å². The fourth-order valence-electron chi connectivity index (χ4n) is 6.29. The van der Waals surface area contributed by atoms with Crippen LogP contribution in [0, 0.1) is 26.2 Å². The van der Waals surface area contributed by atoms with Crippen molar-refractivity contribution in [3.05, 3.63) is 88.8 Å². The summed E-state index contributed by atoms with van der Waals surface area (Å²) in [6.07, 6.45) is 0.261. The van der Waals surface area contributed by atoms with Gasteiger partial charge in [0.15, 0.2) is 0 Å². The van der Waals surface area contributed by atoms with Crippen LogP contribution >= 0.6 is 0 Å². The molecule has 4 saturated heterocycles. The number of hydrogen-bond acceptors (Lipinski definition) is 6. The molecule has 7 heterocycles. The van der Waals surface area contributed by atoms with Gasteiger partial charge in [0.1, 0.15) is 12.3 Å². The van der Waals surface area contributed by atoms with Crippen LogP contribution in [0.4, 0.5) is 0 Å². The lowest BCUT2D eigenvalue weighted by Crippen LogP contribution is -2.74. The van der Waals surface area contributed by atoms with Crippen molar-refractivity contribution in [1.29, 1.82) is 0 Å². The molecule has 0 radical (unpaired) electrons. The summed E-state index contributed by atoms with van der Waals surface area (Å²) in [5.74, 6) is 0. The molecule has 0 saturated carbocycles. The molecule has 32 heavy (non-hydrogen) atoms. The van der Waals surface area contributed by atoms with E-state index in [1.54, 1.807) is 0 Å². The zero-order valence-electron chi connectivity index (χ0n) is 19.2. The average Bonchev–Trinajstić information content (AvgIpc) is 2.73. The molecule has 4 bridgehead atoms. The lowest BCUT2D eigenvalue weighted by atomic mass is 9.71. The van der Waals surface area contributed by atoms with Gasteiger partial charge in [0, 0.05) is 35.6 Å². The minimum Gasteiger partial charge on any atom is -0.269 e. The fraction of sp³-hybridized carbons (Fsp3) is 0.423. The lowest BCUT2D eigenvalue weighted by molar-refractivity contribution is -0.277. The van der Waals surface area contributed by atoms with E-state index in [0.29, 0.717) is 0 Å². The molecule has 3 aromatic rings. The highest BCUT2D eigenvalue weighted by Gasteiger charge is 2.61. The molecule has 0 spiro atoms. The quantitative estimate of drug-likeness (QED) is 0.627. The van der Waals surface area contributed by atoms with Gasteiger partial charge in [-0.15, -0.1) is 0 Å². The van der Waals surface area contributed by atoms with Crippen molar-refractivity contribution in [2.24, 2.45) is 5.41 Å². The molecule has 6 unspecified atom stereocenters. The number of pyridine rings is 3. The first-order valence-corrected chi connectivity index (χ1v) is 11.5. The molecule has 6 nitrogen and oxygen atoms in total. The minimum atomic E-state index is 0.0830. The predicted molar refractivity (Wildman–Crippen MR) is 123 cm³/mol. The van der Waals surface area contributed by atoms with Gasteiger partial charge in [0.2, 0.25) is 0 Å². The van der Waals surface area contributed by atoms with Crippen LogP contribution in [0.15, 0.2) is 54.6 Å². The van der Waals surface area contributed by atoms with Crippen molar-refractivity contribution in [3.8, 4) is 0 Å². The molecule has 0 N–H and O–H groups in total. The van der Waals surface area contributed by atoms with E-state index in [9.17, 15) is 0 Å². The van der Waals surface area contributed by atoms with E-state index in [2.05, 4.69) is 97.0 Å². The molecule has 4 aliphatic heterocycles. The van der Waals surface area contributed by atoms with Gasteiger partial charge in [0.25, 0.3) is 0 Å². The minimum absolute atomic E-state index is 0.0830. The Hall–Kier alpha value is -2.67. The first-order valence-electron chi connectivity index (χ1n) is 11.5. The van der Waals surface area contributed by atoms with Crippen LogP contribution in [0.3, 0.4) is 0 Å². The standard InChI is InChI=1S/C26H30N6/c1-17-8-5-11-20(27-17)23-26(4)14-30-16-32(23)25(22-13-7-10-19(3)29-22)31(15-26)24(30)21-12-6-9-18(2)28-21/h5-13,23-25H,14-16H2,1-4H3/t23?,24?,25?,26-/m1/s1. The van der Waals surface area contributed by atoms with Crippen LogP contribution in [-0.2, 0) is 0 Å². The number of hydrogen-bond donors (Lipinski definition) is 0. The molecule has 7 rings (SSSR count). The van der Waals surface area contributed by atoms with Crippen molar-refractivity contribution in [2.75, 3.05) is 19.8 Å². The van der Waals surface area contributed by atoms with Gasteiger partial charge in [-0.1, -0.05) is 25.1 Å². The molecular weight excluding hydrogens is 396 g/mol. The van der Waals surface area contributed by atoms with Gasteiger partial charge in [-0.25, -0.2) is 0 Å². The van der Waals surface area contributed by atoms with Crippen molar-refractivity contribution >= 4 is 0 Å². The van der Waals surface area contributed by atoms with Crippen molar-refractivity contribution in [3.63, 3.8) is 0 Å². The third kappa shape index (κ3) is 3.01. The van der Waals surface area contributed by atoms with Gasteiger partial charge in [-0.2, -0.15) is 0 Å². The molecule has 4 fully saturated rings. The normalized spacial score (nSPS) is 35.2. The highest BCUT2D eigenvalue weighted by atomic mass is 15.6. The highest BCUT2D eigenvalue weighted by molar-refractivity contribution is 5.27. The molecular formula is C26H30N6. The third-order valence-electron chi connectivity index (χ3n) is 7.27. The van der Waals surface area contributed by atoms with E-state index in [1.165, 1.54) is 5.69 Å². The smallest absolute Gasteiger partial charge is 0.109 e. The average molecular weight is 427 g/mol. The van der Waals surface area contributed by atoms with E-state index in [-0.39, 0.29) is 23.8 Å². The second-order valence-electron chi connectivity index (χ2n) is 9.99. The summed E-state index contributed by atoms with van der Waals surface area (Å²) in [6, 6.07) is 19.5. The molecule has 6 heteroatoms. The SMILES string of the molecule is Cc1cccc(C2N3CN4C(c5cccc(C)n5)N2C[C@@](C)(C3)C4c2cccc(C)n2)n1. The number of aryl methyl sites for hydroxylation is 3. The Labute approximate surface area is 189 Å². The van der Waals surface area contributed by atoms with Crippen molar-refractivity contribution in [2.45, 2.75) is 46.1 Å². The Morgan fingerprint density at radius 3 is 1.81 bits per heavy atom. The second kappa shape index (κ2) is 7.17. The Kier molecular flexibility index (Phi) is 4.47. The number of rotatable bonds is 3. The molecule has 7 atom stereocenters. The topological polar surface area (TPSA) is 48.4 Å². The summed E-state index contributed by atoms with van der Waals surface area (Å²) < 4.78 is 0. The summed E-state index contributed by atoms with van der Waals surface area (Å²) in [5.41, 5.74) is 6.71. The largest absolute Gasteiger partial charge is 0.269 e. The summed E-state index contributed by atoms with van der Waals surface area (Å²) in [5, 5.41) is 0. The maximum Gasteiger partial charge on any atom is 0.109 e. The fourth-order valence-corrected chi connectivity index (χ4v) is 6.29. The monoisotopic (exact) mass is 426 g/mol. The van der Waals surface area contributed by atoms with Crippen LogP contribution in [-0.4, -0.2) is 49.4 Å². The summed E-state index contributed by atoms with van der Waals surface area (Å²) >= 11 is 0. The van der Waals surface area contributed by atoms with Gasteiger partial charge in [-0.05, 0) is 57.2 Å². The first-order chi connectivity index (χ1) is 15.4. The van der Waals surface area contributed by atoms with Crippen LogP contribution in [0.2, 0.25) is 0 Å².